The Morgan fingerprint density at radius 1 is 1.22 bits per heavy atom. The molecule has 1 aromatic heterocycles. The Hall–Kier alpha value is -0.970. The van der Waals surface area contributed by atoms with Crippen LogP contribution in [0.2, 0.25) is 0 Å². The van der Waals surface area contributed by atoms with Crippen LogP contribution < -0.4 is 10.6 Å². The molecule has 2 heterocycles. The van der Waals surface area contributed by atoms with Crippen molar-refractivity contribution in [2.45, 2.75) is 26.8 Å². The van der Waals surface area contributed by atoms with Crippen LogP contribution in [-0.4, -0.2) is 30.7 Å². The molecule has 1 aliphatic rings. The fourth-order valence-corrected chi connectivity index (χ4v) is 2.28. The fraction of sp³-hybridized carbons (Fsp3) is 0.500. The van der Waals surface area contributed by atoms with Crippen LogP contribution in [0.5, 0.6) is 0 Å². The standard InChI is InChI=1S/C7H5NS.C5H12N2.C2H6/c1-2-4-7-6(3-1)8-5-9-7;1-5-4-6-2-3-7-5;1-2/h1-5H;5-7H,2-4H2,1H3;1-2H3. The Morgan fingerprint density at radius 3 is 2.56 bits per heavy atom. The molecule has 3 nitrogen and oxygen atoms in total. The van der Waals surface area contributed by atoms with Crippen molar-refractivity contribution in [2.24, 2.45) is 0 Å². The summed E-state index contributed by atoms with van der Waals surface area (Å²) in [5.74, 6) is 0. The zero-order valence-electron chi connectivity index (χ0n) is 11.4. The molecular weight excluding hydrogens is 242 g/mol. The van der Waals surface area contributed by atoms with Crippen LogP contribution in [0.15, 0.2) is 29.8 Å². The van der Waals surface area contributed by atoms with Gasteiger partial charge in [0.05, 0.1) is 15.7 Å². The second-order valence-corrected chi connectivity index (χ2v) is 4.77. The molecule has 1 aromatic carbocycles. The lowest BCUT2D eigenvalue weighted by atomic mass is 10.3. The molecule has 1 fully saturated rings. The van der Waals surface area contributed by atoms with Gasteiger partial charge in [0, 0.05) is 25.7 Å². The Morgan fingerprint density at radius 2 is 2.00 bits per heavy atom. The van der Waals surface area contributed by atoms with E-state index in [1.54, 1.807) is 11.3 Å². The largest absolute Gasteiger partial charge is 0.314 e. The van der Waals surface area contributed by atoms with E-state index in [1.165, 1.54) is 4.70 Å². The molecule has 1 saturated heterocycles. The quantitative estimate of drug-likeness (QED) is 0.769. The van der Waals surface area contributed by atoms with Crippen molar-refractivity contribution in [3.05, 3.63) is 29.8 Å². The Kier molecular flexibility index (Phi) is 7.57. The van der Waals surface area contributed by atoms with Gasteiger partial charge < -0.3 is 10.6 Å². The first-order chi connectivity index (χ1) is 8.86. The number of para-hydroxylation sites is 1. The number of piperazine rings is 1. The smallest absolute Gasteiger partial charge is 0.0812 e. The third-order valence-corrected chi connectivity index (χ3v) is 3.29. The van der Waals surface area contributed by atoms with Crippen LogP contribution in [0.4, 0.5) is 0 Å². The summed E-state index contributed by atoms with van der Waals surface area (Å²) in [6.45, 7) is 9.57. The monoisotopic (exact) mass is 265 g/mol. The minimum Gasteiger partial charge on any atom is -0.314 e. The van der Waals surface area contributed by atoms with Crippen molar-refractivity contribution in [3.63, 3.8) is 0 Å². The number of hydrogen-bond acceptors (Lipinski definition) is 4. The molecule has 4 heteroatoms. The Bertz CT molecular complexity index is 391. The molecule has 0 radical (unpaired) electrons. The normalized spacial score (nSPS) is 18.3. The number of benzene rings is 1. The van der Waals surface area contributed by atoms with Gasteiger partial charge in [0.15, 0.2) is 0 Å². The highest BCUT2D eigenvalue weighted by molar-refractivity contribution is 7.16. The van der Waals surface area contributed by atoms with Crippen LogP contribution in [0.1, 0.15) is 20.8 Å². The molecule has 100 valence electrons. The van der Waals surface area contributed by atoms with Crippen molar-refractivity contribution in [1.29, 1.82) is 0 Å². The zero-order valence-corrected chi connectivity index (χ0v) is 12.3. The molecule has 0 saturated carbocycles. The summed E-state index contributed by atoms with van der Waals surface area (Å²) >= 11 is 1.68. The van der Waals surface area contributed by atoms with Gasteiger partial charge in [0.25, 0.3) is 0 Å². The molecule has 3 rings (SSSR count). The molecule has 2 N–H and O–H groups in total. The zero-order chi connectivity index (χ0) is 13.2. The van der Waals surface area contributed by atoms with E-state index in [2.05, 4.69) is 28.6 Å². The van der Waals surface area contributed by atoms with Crippen LogP contribution in [0, 0.1) is 0 Å². The maximum absolute atomic E-state index is 4.14. The number of aromatic nitrogens is 1. The van der Waals surface area contributed by atoms with Gasteiger partial charge >= 0.3 is 0 Å². The van der Waals surface area contributed by atoms with Gasteiger partial charge in [-0.1, -0.05) is 26.0 Å². The molecule has 0 spiro atoms. The minimum atomic E-state index is 0.675. The van der Waals surface area contributed by atoms with E-state index in [-0.39, 0.29) is 0 Å². The summed E-state index contributed by atoms with van der Waals surface area (Å²) in [5.41, 5.74) is 2.97. The van der Waals surface area contributed by atoms with E-state index in [1.807, 2.05) is 37.6 Å². The Balaban J connectivity index is 0.000000163. The average Bonchev–Trinajstić information content (AvgIpc) is 2.91. The molecule has 1 atom stereocenters. The molecule has 0 aliphatic carbocycles. The molecular formula is C14H23N3S. The van der Waals surface area contributed by atoms with Gasteiger partial charge in [-0.05, 0) is 19.1 Å². The second-order valence-electron chi connectivity index (χ2n) is 3.88. The van der Waals surface area contributed by atoms with E-state index in [9.17, 15) is 0 Å². The van der Waals surface area contributed by atoms with E-state index in [0.29, 0.717) is 6.04 Å². The van der Waals surface area contributed by atoms with Gasteiger partial charge in [0.1, 0.15) is 0 Å². The van der Waals surface area contributed by atoms with Gasteiger partial charge in [-0.3, -0.25) is 0 Å². The average molecular weight is 265 g/mol. The molecule has 0 bridgehead atoms. The van der Waals surface area contributed by atoms with E-state index in [0.717, 1.165) is 25.2 Å². The lowest BCUT2D eigenvalue weighted by Gasteiger charge is -2.19. The van der Waals surface area contributed by atoms with Crippen molar-refractivity contribution in [3.8, 4) is 0 Å². The highest BCUT2D eigenvalue weighted by Crippen LogP contribution is 2.15. The number of thiazole rings is 1. The molecule has 0 amide bonds. The number of hydrogen-bond donors (Lipinski definition) is 2. The van der Waals surface area contributed by atoms with E-state index >= 15 is 0 Å². The van der Waals surface area contributed by atoms with Crippen molar-refractivity contribution in [1.82, 2.24) is 15.6 Å². The first-order valence-electron chi connectivity index (χ1n) is 6.58. The third-order valence-electron chi connectivity index (χ3n) is 2.48. The predicted octanol–water partition coefficient (Wildman–Crippen LogP) is 2.89. The summed E-state index contributed by atoms with van der Waals surface area (Å²) in [4.78, 5) is 4.14. The van der Waals surface area contributed by atoms with Gasteiger partial charge in [0.2, 0.25) is 0 Å². The molecule has 1 unspecified atom stereocenters. The van der Waals surface area contributed by atoms with Crippen molar-refractivity contribution >= 4 is 21.6 Å². The molecule has 1 aliphatic heterocycles. The third kappa shape index (κ3) is 5.12. The summed E-state index contributed by atoms with van der Waals surface area (Å²) in [5, 5.41) is 6.59. The summed E-state index contributed by atoms with van der Waals surface area (Å²) in [6, 6.07) is 8.80. The molecule has 18 heavy (non-hydrogen) atoms. The van der Waals surface area contributed by atoms with Crippen molar-refractivity contribution < 1.29 is 0 Å². The summed E-state index contributed by atoms with van der Waals surface area (Å²) in [6.07, 6.45) is 0. The maximum atomic E-state index is 4.14. The summed E-state index contributed by atoms with van der Waals surface area (Å²) < 4.78 is 1.26. The van der Waals surface area contributed by atoms with Crippen LogP contribution in [0.3, 0.4) is 0 Å². The van der Waals surface area contributed by atoms with E-state index in [4.69, 9.17) is 0 Å². The molecule has 2 aromatic rings. The number of nitrogens with zero attached hydrogens (tertiary/aromatic N) is 1. The van der Waals surface area contributed by atoms with Crippen LogP contribution >= 0.6 is 11.3 Å². The highest BCUT2D eigenvalue weighted by Gasteiger charge is 2.03. The second kappa shape index (κ2) is 9.03. The highest BCUT2D eigenvalue weighted by atomic mass is 32.1. The summed E-state index contributed by atoms with van der Waals surface area (Å²) in [7, 11) is 0. The minimum absolute atomic E-state index is 0.675. The van der Waals surface area contributed by atoms with Gasteiger partial charge in [-0.15, -0.1) is 11.3 Å². The topological polar surface area (TPSA) is 37.0 Å². The predicted molar refractivity (Wildman–Crippen MR) is 81.3 cm³/mol. The number of fused-ring (bicyclic) bond motifs is 1. The van der Waals surface area contributed by atoms with Gasteiger partial charge in [-0.25, -0.2) is 4.98 Å². The SMILES string of the molecule is CC.CC1CNCCN1.c1ccc2scnc2c1. The van der Waals surface area contributed by atoms with Crippen LogP contribution in [-0.2, 0) is 0 Å². The van der Waals surface area contributed by atoms with Crippen LogP contribution in [0.25, 0.3) is 10.2 Å². The number of rotatable bonds is 0. The number of nitrogens with one attached hydrogen (secondary N) is 2. The Labute approximate surface area is 114 Å². The maximum Gasteiger partial charge on any atom is 0.0812 e. The lowest BCUT2D eigenvalue weighted by Crippen LogP contribution is -2.46. The van der Waals surface area contributed by atoms with E-state index < -0.39 is 0 Å². The lowest BCUT2D eigenvalue weighted by molar-refractivity contribution is 0.442. The fourth-order valence-electron chi connectivity index (χ4n) is 1.60. The first-order valence-corrected chi connectivity index (χ1v) is 7.46. The van der Waals surface area contributed by atoms with Gasteiger partial charge in [-0.2, -0.15) is 0 Å². The van der Waals surface area contributed by atoms with Crippen molar-refractivity contribution in [2.75, 3.05) is 19.6 Å². The first kappa shape index (κ1) is 15.1.